The van der Waals surface area contributed by atoms with Crippen LogP contribution in [0.3, 0.4) is 0 Å². The fraction of sp³-hybridized carbons (Fsp3) is 0.444. The highest BCUT2D eigenvalue weighted by Crippen LogP contribution is 2.34. The largest absolute Gasteiger partial charge is 0.496 e. The van der Waals surface area contributed by atoms with Crippen molar-refractivity contribution in [2.45, 2.75) is 32.9 Å². The minimum absolute atomic E-state index is 0.264. The summed E-state index contributed by atoms with van der Waals surface area (Å²) in [6, 6.07) is 3.46. The summed E-state index contributed by atoms with van der Waals surface area (Å²) in [5.74, 6) is 1.72. The zero-order valence-electron chi connectivity index (χ0n) is 15.4. The van der Waals surface area contributed by atoms with Gasteiger partial charge in [-0.15, -0.1) is 0 Å². The van der Waals surface area contributed by atoms with Gasteiger partial charge >= 0.3 is 0 Å². The maximum Gasteiger partial charge on any atom is 0.253 e. The topological polar surface area (TPSA) is 85.9 Å². The van der Waals surface area contributed by atoms with Crippen molar-refractivity contribution >= 4 is 11.4 Å². The molecule has 0 amide bonds. The van der Waals surface area contributed by atoms with Gasteiger partial charge in [0.25, 0.3) is 10.9 Å². The Hall–Kier alpha value is -2.70. The quantitative estimate of drug-likeness (QED) is 0.741. The van der Waals surface area contributed by atoms with E-state index in [-0.39, 0.29) is 17.8 Å². The Bertz CT molecular complexity index is 804. The Morgan fingerprint density at radius 1 is 0.880 bits per heavy atom. The van der Waals surface area contributed by atoms with Gasteiger partial charge in [0.2, 0.25) is 0 Å². The smallest absolute Gasteiger partial charge is 0.253 e. The molecule has 0 aliphatic carbocycles. The zero-order chi connectivity index (χ0) is 18.8. The van der Waals surface area contributed by atoms with Gasteiger partial charge in [-0.05, 0) is 20.8 Å². The van der Waals surface area contributed by atoms with E-state index in [0.29, 0.717) is 22.9 Å². The highest BCUT2D eigenvalue weighted by Gasteiger charge is 2.25. The summed E-state index contributed by atoms with van der Waals surface area (Å²) in [7, 11) is 4.64. The third kappa shape index (κ3) is 3.87. The summed E-state index contributed by atoms with van der Waals surface area (Å²) >= 11 is 0. The molecule has 2 rings (SSSR count). The van der Waals surface area contributed by atoms with Crippen LogP contribution in [-0.2, 0) is 6.54 Å². The van der Waals surface area contributed by atoms with Crippen LogP contribution >= 0.6 is 0 Å². The molecule has 0 atom stereocenters. The molecule has 0 saturated heterocycles. The van der Waals surface area contributed by atoms with Crippen LogP contribution in [0.15, 0.2) is 21.7 Å². The zero-order valence-corrected chi connectivity index (χ0v) is 15.4. The second kappa shape index (κ2) is 7.04. The lowest BCUT2D eigenvalue weighted by Gasteiger charge is -2.25. The number of anilines is 2. The van der Waals surface area contributed by atoms with E-state index in [1.54, 1.807) is 33.5 Å². The Labute approximate surface area is 146 Å². The first kappa shape index (κ1) is 18.6. The second-order valence-corrected chi connectivity index (χ2v) is 6.65. The minimum atomic E-state index is -0.529. The summed E-state index contributed by atoms with van der Waals surface area (Å²) in [5.41, 5.74) is -0.0534. The number of ether oxygens (including phenoxy) is 3. The number of methoxy groups -OCH3 is 3. The fourth-order valence-corrected chi connectivity index (χ4v) is 2.48. The molecule has 0 unspecified atom stereocenters. The van der Waals surface area contributed by atoms with Gasteiger partial charge in [-0.1, -0.05) is 0 Å². The van der Waals surface area contributed by atoms with Crippen LogP contribution < -0.4 is 35.7 Å². The highest BCUT2D eigenvalue weighted by molar-refractivity contribution is 5.74. The first-order valence-corrected chi connectivity index (χ1v) is 7.86. The Morgan fingerprint density at radius 3 is 1.84 bits per heavy atom. The van der Waals surface area contributed by atoms with Crippen LogP contribution in [0.5, 0.6) is 17.2 Å². The molecule has 0 aliphatic rings. The van der Waals surface area contributed by atoms with Gasteiger partial charge in [-0.2, -0.15) is 0 Å². The lowest BCUT2D eigenvalue weighted by atomic mass is 10.1. The van der Waals surface area contributed by atoms with E-state index in [2.05, 4.69) is 10.6 Å². The molecule has 2 aromatic rings. The summed E-state index contributed by atoms with van der Waals surface area (Å²) in [6.45, 7) is 6.02. The van der Waals surface area contributed by atoms with Gasteiger partial charge < -0.3 is 24.8 Å². The Balaban J connectivity index is 2.30. The molecule has 7 heteroatoms. The van der Waals surface area contributed by atoms with Crippen molar-refractivity contribution in [3.63, 3.8) is 0 Å². The molecular weight excluding hydrogens is 324 g/mol. The summed E-state index contributed by atoms with van der Waals surface area (Å²) in [5, 5.41) is 6.08. The normalized spacial score (nSPS) is 11.3. The lowest BCUT2D eigenvalue weighted by Crippen LogP contribution is -2.41. The second-order valence-electron chi connectivity index (χ2n) is 6.65. The van der Waals surface area contributed by atoms with Crippen molar-refractivity contribution in [3.05, 3.63) is 38.1 Å². The van der Waals surface area contributed by atoms with E-state index in [0.717, 1.165) is 5.56 Å². The minimum Gasteiger partial charge on any atom is -0.496 e. The number of rotatable bonds is 7. The van der Waals surface area contributed by atoms with Gasteiger partial charge in [0.1, 0.15) is 28.6 Å². The molecule has 2 N–H and O–H groups in total. The van der Waals surface area contributed by atoms with Crippen molar-refractivity contribution in [1.82, 2.24) is 0 Å². The standard InChI is InChI=1S/C18H24N2O5/c1-18(2,3)20-15-14(16(21)17(15)22)19-9-11-12(24-5)7-10(23-4)8-13(11)25-6/h7-8,19-20H,9H2,1-6H3. The average molecular weight is 348 g/mol. The molecule has 0 saturated carbocycles. The number of benzene rings is 1. The molecule has 0 aliphatic heterocycles. The Morgan fingerprint density at radius 2 is 1.40 bits per heavy atom. The fourth-order valence-electron chi connectivity index (χ4n) is 2.48. The first-order valence-electron chi connectivity index (χ1n) is 7.86. The van der Waals surface area contributed by atoms with E-state index >= 15 is 0 Å². The molecule has 2 aromatic carbocycles. The van der Waals surface area contributed by atoms with E-state index in [9.17, 15) is 9.59 Å². The van der Waals surface area contributed by atoms with Crippen molar-refractivity contribution in [2.75, 3.05) is 32.0 Å². The van der Waals surface area contributed by atoms with Crippen molar-refractivity contribution in [3.8, 4) is 17.2 Å². The van der Waals surface area contributed by atoms with Gasteiger partial charge in [-0.25, -0.2) is 0 Å². The Kier molecular flexibility index (Phi) is 5.25. The van der Waals surface area contributed by atoms with Crippen molar-refractivity contribution in [1.29, 1.82) is 0 Å². The molecule has 25 heavy (non-hydrogen) atoms. The molecule has 0 bridgehead atoms. The molecular formula is C18H24N2O5. The van der Waals surface area contributed by atoms with Crippen LogP contribution in [0.4, 0.5) is 11.4 Å². The predicted octanol–water partition coefficient (Wildman–Crippen LogP) is 2.13. The third-order valence-corrected chi connectivity index (χ3v) is 3.67. The number of nitrogens with one attached hydrogen (secondary N) is 2. The first-order chi connectivity index (χ1) is 11.7. The molecule has 0 radical (unpaired) electrons. The molecule has 0 aromatic heterocycles. The van der Waals surface area contributed by atoms with E-state index in [1.807, 2.05) is 20.8 Å². The van der Waals surface area contributed by atoms with Gasteiger partial charge in [-0.3, -0.25) is 9.59 Å². The highest BCUT2D eigenvalue weighted by atomic mass is 16.5. The summed E-state index contributed by atoms with van der Waals surface area (Å²) in [4.78, 5) is 23.7. The number of hydrogen-bond donors (Lipinski definition) is 2. The van der Waals surface area contributed by atoms with E-state index < -0.39 is 10.9 Å². The molecule has 136 valence electrons. The van der Waals surface area contributed by atoms with Crippen molar-refractivity contribution < 1.29 is 14.2 Å². The SMILES string of the molecule is COc1cc(OC)c(CNc2c(NC(C)(C)C)c(=O)c2=O)c(OC)c1. The number of hydrogen-bond acceptors (Lipinski definition) is 7. The van der Waals surface area contributed by atoms with Crippen LogP contribution in [0, 0.1) is 0 Å². The van der Waals surface area contributed by atoms with E-state index in [4.69, 9.17) is 14.2 Å². The summed E-state index contributed by atoms with van der Waals surface area (Å²) in [6.07, 6.45) is 0. The third-order valence-electron chi connectivity index (χ3n) is 3.67. The molecule has 0 spiro atoms. The molecule has 0 fully saturated rings. The van der Waals surface area contributed by atoms with Crippen LogP contribution in [0.25, 0.3) is 0 Å². The van der Waals surface area contributed by atoms with Crippen LogP contribution in [-0.4, -0.2) is 26.9 Å². The maximum atomic E-state index is 11.9. The molecule has 7 nitrogen and oxygen atoms in total. The van der Waals surface area contributed by atoms with Crippen LogP contribution in [0.1, 0.15) is 26.3 Å². The monoisotopic (exact) mass is 348 g/mol. The predicted molar refractivity (Wildman–Crippen MR) is 98.2 cm³/mol. The summed E-state index contributed by atoms with van der Waals surface area (Å²) < 4.78 is 16.0. The van der Waals surface area contributed by atoms with Gasteiger partial charge in [0.05, 0.1) is 26.9 Å². The average Bonchev–Trinajstić information content (AvgIpc) is 2.58. The molecule has 0 heterocycles. The van der Waals surface area contributed by atoms with E-state index in [1.165, 1.54) is 0 Å². The van der Waals surface area contributed by atoms with Gasteiger partial charge in [0.15, 0.2) is 0 Å². The maximum absolute atomic E-state index is 11.9. The lowest BCUT2D eigenvalue weighted by molar-refractivity contribution is 0.369. The van der Waals surface area contributed by atoms with Crippen LogP contribution in [0.2, 0.25) is 0 Å². The van der Waals surface area contributed by atoms with Crippen molar-refractivity contribution in [2.24, 2.45) is 0 Å². The van der Waals surface area contributed by atoms with Gasteiger partial charge in [0, 0.05) is 24.2 Å².